The molecule has 0 aromatic heterocycles. The first-order chi connectivity index (χ1) is 15.6. The Balaban J connectivity index is 5.04. The van der Waals surface area contributed by atoms with Crippen molar-refractivity contribution in [2.24, 2.45) is 0 Å². The molecule has 0 spiro atoms. The van der Waals surface area contributed by atoms with Crippen LogP contribution in [-0.2, 0) is 38.2 Å². The Morgan fingerprint density at radius 3 is 1.59 bits per heavy atom. The van der Waals surface area contributed by atoms with Crippen molar-refractivity contribution < 1.29 is 68.9 Å². The van der Waals surface area contributed by atoms with Gasteiger partial charge in [-0.3, -0.25) is 19.2 Å². The van der Waals surface area contributed by atoms with Crippen molar-refractivity contribution in [2.75, 3.05) is 6.61 Å². The van der Waals surface area contributed by atoms with Gasteiger partial charge in [0.05, 0.1) is 32.3 Å². The van der Waals surface area contributed by atoms with Crippen LogP contribution in [0.4, 0.5) is 0 Å². The fourth-order valence-corrected chi connectivity index (χ4v) is 2.87. The Kier molecular flexibility index (Phi) is 12.7. The summed E-state index contributed by atoms with van der Waals surface area (Å²) in [5.41, 5.74) is -5.75. The molecule has 0 radical (unpaired) electrons. The van der Waals surface area contributed by atoms with E-state index in [9.17, 15) is 39.0 Å². The number of esters is 2. The smallest absolute Gasteiger partial charge is 0.336 e. The van der Waals surface area contributed by atoms with Gasteiger partial charge >= 0.3 is 35.8 Å². The van der Waals surface area contributed by atoms with E-state index in [0.717, 1.165) is 12.8 Å². The summed E-state index contributed by atoms with van der Waals surface area (Å²) in [6.07, 6.45) is -3.40. The first kappa shape index (κ1) is 30.7. The zero-order chi connectivity index (χ0) is 26.5. The lowest BCUT2D eigenvalue weighted by molar-refractivity contribution is -0.174. The van der Waals surface area contributed by atoms with Crippen LogP contribution in [0.1, 0.15) is 64.7 Å². The van der Waals surface area contributed by atoms with Gasteiger partial charge in [-0.25, -0.2) is 9.59 Å². The summed E-state index contributed by atoms with van der Waals surface area (Å²) in [7, 11) is 0. The van der Waals surface area contributed by atoms with Gasteiger partial charge in [0.25, 0.3) is 0 Å². The quantitative estimate of drug-likeness (QED) is 0.106. The van der Waals surface area contributed by atoms with Crippen LogP contribution >= 0.6 is 0 Å². The maximum atomic E-state index is 12.1. The minimum Gasteiger partial charge on any atom is -0.481 e. The molecule has 0 aliphatic heterocycles. The highest BCUT2D eigenvalue weighted by molar-refractivity contribution is 5.89. The second-order valence-electron chi connectivity index (χ2n) is 7.78. The lowest BCUT2D eigenvalue weighted by Gasteiger charge is -2.23. The minimum atomic E-state index is -2.88. The molecule has 0 aromatic carbocycles. The highest BCUT2D eigenvalue weighted by atomic mass is 16.6. The molecule has 0 fully saturated rings. The summed E-state index contributed by atoms with van der Waals surface area (Å²) in [6.45, 7) is 1.49. The molecule has 0 saturated carbocycles. The van der Waals surface area contributed by atoms with Gasteiger partial charge < -0.3 is 40.1 Å². The normalized spacial score (nSPS) is 15.3. The molecule has 0 aliphatic rings. The van der Waals surface area contributed by atoms with Crippen LogP contribution in [-0.4, -0.2) is 90.4 Å². The Morgan fingerprint density at radius 1 is 0.706 bits per heavy atom. The topological polar surface area (TPSA) is 242 Å². The molecular weight excluding hydrogens is 464 g/mol. The Hall–Kier alpha value is -3.26. The van der Waals surface area contributed by atoms with Gasteiger partial charge in [0.2, 0.25) is 0 Å². The van der Waals surface area contributed by atoms with Crippen molar-refractivity contribution in [3.05, 3.63) is 0 Å². The fraction of sp³-hybridized carbons (Fsp3) is 0.700. The van der Waals surface area contributed by atoms with E-state index < -0.39 is 85.4 Å². The third-order valence-corrected chi connectivity index (χ3v) is 4.69. The molecule has 3 unspecified atom stereocenters. The number of unbranched alkanes of at least 4 members (excludes halogenated alkanes) is 2. The molecule has 0 aliphatic carbocycles. The van der Waals surface area contributed by atoms with Gasteiger partial charge in [0.1, 0.15) is 6.10 Å². The van der Waals surface area contributed by atoms with E-state index in [1.54, 1.807) is 0 Å². The van der Waals surface area contributed by atoms with Crippen molar-refractivity contribution in [3.63, 3.8) is 0 Å². The summed E-state index contributed by atoms with van der Waals surface area (Å²) in [4.78, 5) is 67.8. The van der Waals surface area contributed by atoms with Crippen LogP contribution < -0.4 is 0 Å². The van der Waals surface area contributed by atoms with Crippen LogP contribution in [0.15, 0.2) is 0 Å². The summed E-state index contributed by atoms with van der Waals surface area (Å²) >= 11 is 0. The van der Waals surface area contributed by atoms with Gasteiger partial charge in [0.15, 0.2) is 11.2 Å². The summed E-state index contributed by atoms with van der Waals surface area (Å²) in [5.74, 6) is -9.55. The molecule has 0 aromatic rings. The SMILES string of the molecule is CCCCCC(CCOC(=O)CC(O)(CC(=O)O)C(=O)O)OC(=O)CC(O)(CC(=O)O)C(=O)O. The summed E-state index contributed by atoms with van der Waals surface area (Å²) in [5, 5.41) is 55.3. The number of carboxylic acid groups (broad SMARTS) is 4. The molecular formula is C20H30O14. The van der Waals surface area contributed by atoms with Crippen LogP contribution in [0.3, 0.4) is 0 Å². The third-order valence-electron chi connectivity index (χ3n) is 4.69. The summed E-state index contributed by atoms with van der Waals surface area (Å²) < 4.78 is 9.94. The van der Waals surface area contributed by atoms with E-state index >= 15 is 0 Å². The van der Waals surface area contributed by atoms with E-state index in [-0.39, 0.29) is 12.8 Å². The third kappa shape index (κ3) is 11.6. The average molecular weight is 494 g/mol. The molecule has 6 N–H and O–H groups in total. The summed E-state index contributed by atoms with van der Waals surface area (Å²) in [6, 6.07) is 0. The first-order valence-corrected chi connectivity index (χ1v) is 10.4. The number of carbonyl (C=O) groups is 6. The number of hydrogen-bond acceptors (Lipinski definition) is 10. The average Bonchev–Trinajstić information content (AvgIpc) is 2.66. The number of carboxylic acids is 4. The van der Waals surface area contributed by atoms with Gasteiger partial charge in [0, 0.05) is 6.42 Å². The number of rotatable bonds is 18. The maximum Gasteiger partial charge on any atom is 0.336 e. The zero-order valence-corrected chi connectivity index (χ0v) is 18.6. The molecule has 34 heavy (non-hydrogen) atoms. The second kappa shape index (κ2) is 14.1. The number of ether oxygens (including phenoxy) is 2. The van der Waals surface area contributed by atoms with Crippen molar-refractivity contribution in [1.29, 1.82) is 0 Å². The Bertz CT molecular complexity index is 762. The molecule has 194 valence electrons. The fourth-order valence-electron chi connectivity index (χ4n) is 2.87. The minimum absolute atomic E-state index is 0.115. The van der Waals surface area contributed by atoms with Crippen LogP contribution in [0.2, 0.25) is 0 Å². The molecule has 0 bridgehead atoms. The van der Waals surface area contributed by atoms with E-state index in [1.807, 2.05) is 6.92 Å². The highest BCUT2D eigenvalue weighted by Crippen LogP contribution is 2.20. The molecule has 14 nitrogen and oxygen atoms in total. The Morgan fingerprint density at radius 2 is 1.18 bits per heavy atom. The lowest BCUT2D eigenvalue weighted by Crippen LogP contribution is -2.43. The number of aliphatic hydroxyl groups is 2. The van der Waals surface area contributed by atoms with Crippen molar-refractivity contribution in [3.8, 4) is 0 Å². The number of carbonyl (C=O) groups excluding carboxylic acids is 2. The molecule has 0 saturated heterocycles. The largest absolute Gasteiger partial charge is 0.481 e. The predicted molar refractivity (Wildman–Crippen MR) is 109 cm³/mol. The highest BCUT2D eigenvalue weighted by Gasteiger charge is 2.42. The Labute approximate surface area is 194 Å². The lowest BCUT2D eigenvalue weighted by atomic mass is 9.96. The predicted octanol–water partition coefficient (Wildman–Crippen LogP) is -0.227. The first-order valence-electron chi connectivity index (χ1n) is 10.4. The number of hydrogen-bond donors (Lipinski definition) is 6. The monoisotopic (exact) mass is 494 g/mol. The van der Waals surface area contributed by atoms with Crippen molar-refractivity contribution >= 4 is 35.8 Å². The van der Waals surface area contributed by atoms with Gasteiger partial charge in [-0.05, 0) is 12.8 Å². The van der Waals surface area contributed by atoms with Crippen LogP contribution in [0.5, 0.6) is 0 Å². The van der Waals surface area contributed by atoms with Gasteiger partial charge in [-0.15, -0.1) is 0 Å². The standard InChI is InChI=1S/C20H30O14/c1-2-3-4-5-12(34-16(26)11-20(32,18(29)30)9-14(23)24)6-7-33-15(25)10-19(31,17(27)28)8-13(21)22/h12,31-32H,2-11H2,1H3,(H,21,22)(H,23,24)(H,27,28)(H,29,30). The van der Waals surface area contributed by atoms with Gasteiger partial charge in [-0.1, -0.05) is 19.8 Å². The van der Waals surface area contributed by atoms with E-state index in [1.165, 1.54) is 0 Å². The van der Waals surface area contributed by atoms with Gasteiger partial charge in [-0.2, -0.15) is 0 Å². The maximum absolute atomic E-state index is 12.1. The van der Waals surface area contributed by atoms with Crippen molar-refractivity contribution in [1.82, 2.24) is 0 Å². The van der Waals surface area contributed by atoms with E-state index in [2.05, 4.69) is 0 Å². The number of aliphatic carboxylic acids is 4. The molecule has 0 rings (SSSR count). The molecule has 0 amide bonds. The zero-order valence-electron chi connectivity index (χ0n) is 18.6. The van der Waals surface area contributed by atoms with Crippen LogP contribution in [0.25, 0.3) is 0 Å². The van der Waals surface area contributed by atoms with Crippen molar-refractivity contribution in [2.45, 2.75) is 82.0 Å². The van der Waals surface area contributed by atoms with Crippen LogP contribution in [0, 0.1) is 0 Å². The van der Waals surface area contributed by atoms with E-state index in [0.29, 0.717) is 6.42 Å². The molecule has 3 atom stereocenters. The molecule has 0 heterocycles. The second-order valence-corrected chi connectivity index (χ2v) is 7.78. The molecule has 14 heteroatoms. The van der Waals surface area contributed by atoms with E-state index in [4.69, 9.17) is 29.9 Å².